The number of nitriles is 1. The molecule has 8 heteroatoms. The fraction of sp³-hybridized carbons (Fsp3) is 0.389. The maximum Gasteiger partial charge on any atom is 0.231 e. The Hall–Kier alpha value is -2.73. The van der Waals surface area contributed by atoms with Crippen molar-refractivity contribution < 1.29 is 19.7 Å². The van der Waals surface area contributed by atoms with Crippen LogP contribution in [0.4, 0.5) is 0 Å². The summed E-state index contributed by atoms with van der Waals surface area (Å²) in [7, 11) is 2.99. The van der Waals surface area contributed by atoms with Crippen LogP contribution in [0.25, 0.3) is 0 Å². The Labute approximate surface area is 152 Å². The van der Waals surface area contributed by atoms with Gasteiger partial charge in [0.05, 0.1) is 38.8 Å². The lowest BCUT2D eigenvalue weighted by Gasteiger charge is -2.10. The van der Waals surface area contributed by atoms with Crippen molar-refractivity contribution in [2.75, 3.05) is 14.2 Å². The zero-order chi connectivity index (χ0) is 19.7. The number of aliphatic hydroxyl groups is 2. The molecule has 4 N–H and O–H groups in total. The minimum atomic E-state index is -0.150. The fourth-order valence-electron chi connectivity index (χ4n) is 2.31. The van der Waals surface area contributed by atoms with E-state index in [4.69, 9.17) is 30.7 Å². The summed E-state index contributed by atoms with van der Waals surface area (Å²) in [5.74, 6) is 0.776. The maximum absolute atomic E-state index is 8.90. The molecular weight excluding hydrogens is 336 g/mol. The molecule has 0 saturated carbocycles. The molecular formula is C18H24N4O4. The molecule has 0 aliphatic carbocycles. The van der Waals surface area contributed by atoms with Gasteiger partial charge in [-0.3, -0.25) is 0 Å². The molecule has 0 bridgehead atoms. The number of aryl methyl sites for hydroxylation is 2. The van der Waals surface area contributed by atoms with E-state index in [-0.39, 0.29) is 19.1 Å². The van der Waals surface area contributed by atoms with Gasteiger partial charge in [0.1, 0.15) is 11.6 Å². The van der Waals surface area contributed by atoms with Crippen LogP contribution < -0.4 is 15.2 Å². The van der Waals surface area contributed by atoms with Gasteiger partial charge in [0, 0.05) is 12.1 Å². The molecule has 2 heterocycles. The van der Waals surface area contributed by atoms with E-state index >= 15 is 0 Å². The van der Waals surface area contributed by atoms with Gasteiger partial charge in [-0.05, 0) is 37.1 Å². The Bertz CT molecular complexity index is 788. The average molecular weight is 360 g/mol. The molecule has 26 heavy (non-hydrogen) atoms. The SMILES string of the molecule is COc1nc(CO)cc(C)c1C#N.COc1nc(CO)cc(C)c1CN. The topological polar surface area (TPSA) is 135 Å². The summed E-state index contributed by atoms with van der Waals surface area (Å²) in [4.78, 5) is 8.04. The summed E-state index contributed by atoms with van der Waals surface area (Å²) in [5, 5.41) is 26.5. The first-order valence-corrected chi connectivity index (χ1v) is 7.85. The molecule has 2 aromatic rings. The number of hydrogen-bond donors (Lipinski definition) is 3. The molecule has 0 unspecified atom stereocenters. The summed E-state index contributed by atoms with van der Waals surface area (Å²) in [6.07, 6.45) is 0. The number of ether oxygens (including phenoxy) is 2. The lowest BCUT2D eigenvalue weighted by molar-refractivity contribution is 0.274. The monoisotopic (exact) mass is 360 g/mol. The van der Waals surface area contributed by atoms with E-state index in [1.165, 1.54) is 7.11 Å². The van der Waals surface area contributed by atoms with Crippen LogP contribution in [0.15, 0.2) is 12.1 Å². The standard InChI is InChI=1S/C9H14N2O2.C9H10N2O2/c2*1-6-3-7(5-12)11-9(13-2)8(6)4-10/h3,12H,4-5,10H2,1-2H3;3,12H,5H2,1-2H3. The van der Waals surface area contributed by atoms with Crippen LogP contribution in [0.2, 0.25) is 0 Å². The van der Waals surface area contributed by atoms with E-state index in [2.05, 4.69) is 9.97 Å². The van der Waals surface area contributed by atoms with Gasteiger partial charge in [0.2, 0.25) is 11.8 Å². The van der Waals surface area contributed by atoms with Crippen molar-refractivity contribution >= 4 is 0 Å². The minimum absolute atomic E-state index is 0.0813. The predicted octanol–water partition coefficient (Wildman–Crippen LogP) is 1.11. The summed E-state index contributed by atoms with van der Waals surface area (Å²) in [5.41, 5.74) is 9.71. The second-order valence-electron chi connectivity index (χ2n) is 5.37. The number of pyridine rings is 2. The molecule has 0 fully saturated rings. The summed E-state index contributed by atoms with van der Waals surface area (Å²) >= 11 is 0. The van der Waals surface area contributed by atoms with Crippen molar-refractivity contribution in [3.8, 4) is 17.8 Å². The van der Waals surface area contributed by atoms with Crippen LogP contribution in [0.3, 0.4) is 0 Å². The zero-order valence-electron chi connectivity index (χ0n) is 15.4. The second-order valence-corrected chi connectivity index (χ2v) is 5.37. The first kappa shape index (κ1) is 21.3. The molecule has 0 aliphatic rings. The molecule has 0 aromatic carbocycles. The van der Waals surface area contributed by atoms with E-state index in [9.17, 15) is 0 Å². The highest BCUT2D eigenvalue weighted by molar-refractivity contribution is 5.45. The van der Waals surface area contributed by atoms with E-state index in [1.807, 2.05) is 19.1 Å². The van der Waals surface area contributed by atoms with Crippen molar-refractivity contribution in [2.45, 2.75) is 33.6 Å². The third-order valence-corrected chi connectivity index (χ3v) is 3.63. The maximum atomic E-state index is 8.90. The van der Waals surface area contributed by atoms with Gasteiger partial charge in [0.25, 0.3) is 0 Å². The number of aliphatic hydroxyl groups excluding tert-OH is 2. The number of nitrogens with zero attached hydrogens (tertiary/aromatic N) is 3. The molecule has 0 amide bonds. The van der Waals surface area contributed by atoms with Crippen molar-refractivity contribution in [3.05, 3.63) is 45.8 Å². The lowest BCUT2D eigenvalue weighted by atomic mass is 10.1. The molecule has 0 saturated heterocycles. The van der Waals surface area contributed by atoms with Crippen molar-refractivity contribution in [1.82, 2.24) is 9.97 Å². The number of methoxy groups -OCH3 is 2. The van der Waals surface area contributed by atoms with E-state index in [0.717, 1.165) is 16.7 Å². The lowest BCUT2D eigenvalue weighted by Crippen LogP contribution is -2.06. The van der Waals surface area contributed by atoms with Gasteiger partial charge < -0.3 is 25.4 Å². The van der Waals surface area contributed by atoms with Crippen molar-refractivity contribution in [2.24, 2.45) is 5.73 Å². The van der Waals surface area contributed by atoms with Gasteiger partial charge >= 0.3 is 0 Å². The van der Waals surface area contributed by atoms with Gasteiger partial charge in [-0.25, -0.2) is 9.97 Å². The van der Waals surface area contributed by atoms with Crippen molar-refractivity contribution in [3.63, 3.8) is 0 Å². The number of rotatable bonds is 5. The number of aromatic nitrogens is 2. The van der Waals surface area contributed by atoms with E-state index in [0.29, 0.717) is 29.4 Å². The summed E-state index contributed by atoms with van der Waals surface area (Å²) in [6.45, 7) is 3.87. The van der Waals surface area contributed by atoms with Gasteiger partial charge in [-0.1, -0.05) is 0 Å². The molecule has 0 spiro atoms. The second kappa shape index (κ2) is 10.3. The van der Waals surface area contributed by atoms with Crippen LogP contribution >= 0.6 is 0 Å². The van der Waals surface area contributed by atoms with Gasteiger partial charge in [0.15, 0.2) is 0 Å². The van der Waals surface area contributed by atoms with Crippen LogP contribution in [0.5, 0.6) is 11.8 Å². The van der Waals surface area contributed by atoms with Crippen LogP contribution in [-0.4, -0.2) is 34.4 Å². The highest BCUT2D eigenvalue weighted by Gasteiger charge is 2.09. The number of nitrogens with two attached hydrogens (primary N) is 1. The van der Waals surface area contributed by atoms with Gasteiger partial charge in [-0.15, -0.1) is 0 Å². The first-order valence-electron chi connectivity index (χ1n) is 7.85. The van der Waals surface area contributed by atoms with Crippen LogP contribution in [0, 0.1) is 25.2 Å². The Balaban J connectivity index is 0.000000260. The van der Waals surface area contributed by atoms with E-state index < -0.39 is 0 Å². The predicted molar refractivity (Wildman–Crippen MR) is 95.5 cm³/mol. The zero-order valence-corrected chi connectivity index (χ0v) is 15.4. The molecule has 140 valence electrons. The first-order chi connectivity index (χ1) is 12.4. The molecule has 8 nitrogen and oxygen atoms in total. The average Bonchev–Trinajstić information content (AvgIpc) is 2.66. The Morgan fingerprint density at radius 1 is 1.00 bits per heavy atom. The smallest absolute Gasteiger partial charge is 0.231 e. The summed E-state index contributed by atoms with van der Waals surface area (Å²) < 4.78 is 9.97. The highest BCUT2D eigenvalue weighted by Crippen LogP contribution is 2.20. The molecule has 0 radical (unpaired) electrons. The van der Waals surface area contributed by atoms with Gasteiger partial charge in [-0.2, -0.15) is 5.26 Å². The third-order valence-electron chi connectivity index (χ3n) is 3.63. The number of hydrogen-bond acceptors (Lipinski definition) is 8. The molecule has 0 aliphatic heterocycles. The molecule has 0 atom stereocenters. The van der Waals surface area contributed by atoms with E-state index in [1.54, 1.807) is 20.1 Å². The van der Waals surface area contributed by atoms with Crippen LogP contribution in [-0.2, 0) is 19.8 Å². The van der Waals surface area contributed by atoms with Crippen LogP contribution in [0.1, 0.15) is 33.6 Å². The molecule has 2 rings (SSSR count). The fourth-order valence-corrected chi connectivity index (χ4v) is 2.31. The Morgan fingerprint density at radius 2 is 1.50 bits per heavy atom. The summed E-state index contributed by atoms with van der Waals surface area (Å²) in [6, 6.07) is 5.47. The molecule has 2 aromatic heterocycles. The highest BCUT2D eigenvalue weighted by atomic mass is 16.5. The minimum Gasteiger partial charge on any atom is -0.481 e. The normalized spacial score (nSPS) is 9.77. The Kier molecular flexibility index (Phi) is 8.45. The largest absolute Gasteiger partial charge is 0.481 e. The Morgan fingerprint density at radius 3 is 1.92 bits per heavy atom. The van der Waals surface area contributed by atoms with Crippen molar-refractivity contribution in [1.29, 1.82) is 5.26 Å². The quantitative estimate of drug-likeness (QED) is 0.722. The third kappa shape index (κ3) is 5.13.